The molecule has 0 amide bonds. The molecule has 2 aromatic carbocycles. The largest absolute Gasteiger partial charge is 0.354 e. The molecule has 0 unspecified atom stereocenters. The molecule has 134 valence electrons. The molecule has 0 saturated heterocycles. The molecule has 0 saturated carbocycles. The van der Waals surface area contributed by atoms with Crippen LogP contribution in [-0.4, -0.2) is 26.5 Å². The van der Waals surface area contributed by atoms with E-state index in [1.165, 1.54) is 5.56 Å². The van der Waals surface area contributed by atoms with Gasteiger partial charge in [-0.05, 0) is 24.1 Å². The van der Waals surface area contributed by atoms with Gasteiger partial charge in [0.2, 0.25) is 5.95 Å². The topological polar surface area (TPSA) is 66.5 Å². The van der Waals surface area contributed by atoms with Crippen molar-refractivity contribution in [3.05, 3.63) is 83.8 Å². The molecule has 2 heterocycles. The summed E-state index contributed by atoms with van der Waals surface area (Å²) in [6.45, 7) is 0.754. The van der Waals surface area contributed by atoms with Crippen molar-refractivity contribution in [2.24, 2.45) is 0 Å². The maximum atomic E-state index is 6.03. The summed E-state index contributed by atoms with van der Waals surface area (Å²) >= 11 is 6.03. The van der Waals surface area contributed by atoms with Gasteiger partial charge in [0.1, 0.15) is 5.82 Å². The summed E-state index contributed by atoms with van der Waals surface area (Å²) in [5, 5.41) is 4.00. The minimum atomic E-state index is 0.589. The second-order valence-corrected chi connectivity index (χ2v) is 6.50. The number of hydrogen-bond donors (Lipinski definition) is 2. The second kappa shape index (κ2) is 8.01. The molecule has 0 spiro atoms. The number of rotatable bonds is 6. The lowest BCUT2D eigenvalue weighted by Gasteiger charge is -2.10. The number of imidazole rings is 1. The zero-order chi connectivity index (χ0) is 18.5. The number of anilines is 1. The summed E-state index contributed by atoms with van der Waals surface area (Å²) in [6, 6.07) is 17.9. The Bertz CT molecular complexity index is 999. The molecule has 0 radical (unpaired) electrons. The summed E-state index contributed by atoms with van der Waals surface area (Å²) in [5.41, 5.74) is 3.88. The molecule has 4 rings (SSSR count). The smallest absolute Gasteiger partial charge is 0.223 e. The average molecular weight is 376 g/mol. The van der Waals surface area contributed by atoms with E-state index < -0.39 is 0 Å². The minimum Gasteiger partial charge on any atom is -0.354 e. The van der Waals surface area contributed by atoms with Gasteiger partial charge in [0.05, 0.1) is 11.3 Å². The van der Waals surface area contributed by atoms with Gasteiger partial charge in [-0.2, -0.15) is 0 Å². The van der Waals surface area contributed by atoms with Crippen molar-refractivity contribution in [1.82, 2.24) is 19.9 Å². The van der Waals surface area contributed by atoms with Crippen LogP contribution in [0.25, 0.3) is 22.6 Å². The van der Waals surface area contributed by atoms with Crippen LogP contribution in [0, 0.1) is 0 Å². The lowest BCUT2D eigenvalue weighted by molar-refractivity contribution is 0.985. The van der Waals surface area contributed by atoms with Crippen molar-refractivity contribution in [2.45, 2.75) is 6.42 Å². The Morgan fingerprint density at radius 2 is 1.78 bits per heavy atom. The van der Waals surface area contributed by atoms with Crippen LogP contribution in [0.1, 0.15) is 5.56 Å². The van der Waals surface area contributed by atoms with E-state index in [-0.39, 0.29) is 0 Å². The Kier molecular flexibility index (Phi) is 5.12. The van der Waals surface area contributed by atoms with E-state index in [0.29, 0.717) is 11.0 Å². The van der Waals surface area contributed by atoms with Crippen LogP contribution in [0.3, 0.4) is 0 Å². The number of nitrogens with one attached hydrogen (secondary N) is 2. The van der Waals surface area contributed by atoms with E-state index in [9.17, 15) is 0 Å². The fourth-order valence-electron chi connectivity index (χ4n) is 2.84. The molecule has 0 aliphatic carbocycles. The molecular formula is C21H18ClN5. The molecule has 0 aliphatic rings. The van der Waals surface area contributed by atoms with Gasteiger partial charge in [-0.3, -0.25) is 0 Å². The highest BCUT2D eigenvalue weighted by Crippen LogP contribution is 2.29. The predicted molar refractivity (Wildman–Crippen MR) is 109 cm³/mol. The van der Waals surface area contributed by atoms with E-state index in [2.05, 4.69) is 32.4 Å². The lowest BCUT2D eigenvalue weighted by atomic mass is 10.1. The van der Waals surface area contributed by atoms with Crippen LogP contribution in [0.4, 0.5) is 5.95 Å². The monoisotopic (exact) mass is 375 g/mol. The van der Waals surface area contributed by atoms with Gasteiger partial charge in [0, 0.05) is 35.7 Å². The summed E-state index contributed by atoms with van der Waals surface area (Å²) < 4.78 is 0. The standard InChI is InChI=1S/C21H18ClN5/c22-17-8-6-16(7-9-17)19-18(20-23-12-13-24-20)14-26-21(27-19)25-11-10-15-4-2-1-3-5-15/h1-9,12-14H,10-11H2,(H,23,24)(H,25,26,27). The third kappa shape index (κ3) is 4.15. The molecule has 0 fully saturated rings. The lowest BCUT2D eigenvalue weighted by Crippen LogP contribution is -2.09. The normalized spacial score (nSPS) is 10.7. The molecule has 2 aromatic heterocycles. The van der Waals surface area contributed by atoms with Gasteiger partial charge in [-0.15, -0.1) is 0 Å². The maximum Gasteiger partial charge on any atom is 0.223 e. The fourth-order valence-corrected chi connectivity index (χ4v) is 2.97. The van der Waals surface area contributed by atoms with Gasteiger partial charge in [0.15, 0.2) is 0 Å². The summed E-state index contributed by atoms with van der Waals surface area (Å²) in [4.78, 5) is 16.7. The van der Waals surface area contributed by atoms with Crippen LogP contribution >= 0.6 is 11.6 Å². The van der Waals surface area contributed by atoms with Gasteiger partial charge in [-0.1, -0.05) is 54.1 Å². The van der Waals surface area contributed by atoms with E-state index in [1.54, 1.807) is 18.6 Å². The molecule has 5 nitrogen and oxygen atoms in total. The first kappa shape index (κ1) is 17.2. The van der Waals surface area contributed by atoms with E-state index in [0.717, 1.165) is 35.6 Å². The van der Waals surface area contributed by atoms with Gasteiger partial charge in [-0.25, -0.2) is 15.0 Å². The SMILES string of the molecule is Clc1ccc(-c2nc(NCCc3ccccc3)ncc2-c2ncc[nH]2)cc1. The molecule has 0 aliphatic heterocycles. The van der Waals surface area contributed by atoms with Crippen LogP contribution in [0.15, 0.2) is 73.2 Å². The number of benzene rings is 2. The predicted octanol–water partition coefficient (Wildman–Crippen LogP) is 4.84. The van der Waals surface area contributed by atoms with E-state index in [1.807, 2.05) is 42.5 Å². The molecule has 0 atom stereocenters. The number of aromatic nitrogens is 4. The Balaban J connectivity index is 1.60. The van der Waals surface area contributed by atoms with Gasteiger partial charge < -0.3 is 10.3 Å². The summed E-state index contributed by atoms with van der Waals surface area (Å²) in [6.07, 6.45) is 6.20. The van der Waals surface area contributed by atoms with E-state index >= 15 is 0 Å². The summed E-state index contributed by atoms with van der Waals surface area (Å²) in [5.74, 6) is 1.32. The van der Waals surface area contributed by atoms with Crippen molar-refractivity contribution >= 4 is 17.5 Å². The van der Waals surface area contributed by atoms with Gasteiger partial charge >= 0.3 is 0 Å². The van der Waals surface area contributed by atoms with E-state index in [4.69, 9.17) is 16.6 Å². The van der Waals surface area contributed by atoms with Crippen molar-refractivity contribution in [3.63, 3.8) is 0 Å². The number of hydrogen-bond acceptors (Lipinski definition) is 4. The highest BCUT2D eigenvalue weighted by molar-refractivity contribution is 6.30. The highest BCUT2D eigenvalue weighted by atomic mass is 35.5. The molecule has 27 heavy (non-hydrogen) atoms. The highest BCUT2D eigenvalue weighted by Gasteiger charge is 2.13. The van der Waals surface area contributed by atoms with Crippen molar-refractivity contribution < 1.29 is 0 Å². The van der Waals surface area contributed by atoms with Crippen LogP contribution in [0.2, 0.25) is 5.02 Å². The summed E-state index contributed by atoms with van der Waals surface area (Å²) in [7, 11) is 0. The Hall–Kier alpha value is -3.18. The van der Waals surface area contributed by atoms with Crippen LogP contribution < -0.4 is 5.32 Å². The number of nitrogens with zero attached hydrogens (tertiary/aromatic N) is 3. The molecular weight excluding hydrogens is 358 g/mol. The number of H-pyrrole nitrogens is 1. The zero-order valence-corrected chi connectivity index (χ0v) is 15.3. The molecule has 0 bridgehead atoms. The van der Waals surface area contributed by atoms with Crippen molar-refractivity contribution in [1.29, 1.82) is 0 Å². The Morgan fingerprint density at radius 1 is 0.963 bits per heavy atom. The number of halogens is 1. The second-order valence-electron chi connectivity index (χ2n) is 6.06. The maximum absolute atomic E-state index is 6.03. The zero-order valence-electron chi connectivity index (χ0n) is 14.6. The molecule has 6 heteroatoms. The first-order valence-corrected chi connectivity index (χ1v) is 9.08. The number of aromatic amines is 1. The van der Waals surface area contributed by atoms with Gasteiger partial charge in [0.25, 0.3) is 0 Å². The van der Waals surface area contributed by atoms with Crippen molar-refractivity contribution in [3.8, 4) is 22.6 Å². The average Bonchev–Trinajstić information content (AvgIpc) is 3.24. The van der Waals surface area contributed by atoms with Crippen LogP contribution in [0.5, 0.6) is 0 Å². The van der Waals surface area contributed by atoms with Crippen LogP contribution in [-0.2, 0) is 6.42 Å². The Morgan fingerprint density at radius 3 is 2.52 bits per heavy atom. The fraction of sp³-hybridized carbons (Fsp3) is 0.0952. The first-order chi connectivity index (χ1) is 13.3. The minimum absolute atomic E-state index is 0.589. The molecule has 4 aromatic rings. The molecule has 2 N–H and O–H groups in total. The Labute approximate surface area is 162 Å². The third-order valence-corrected chi connectivity index (χ3v) is 4.45. The third-order valence-electron chi connectivity index (χ3n) is 4.20. The quantitative estimate of drug-likeness (QED) is 0.506. The first-order valence-electron chi connectivity index (χ1n) is 8.70. The van der Waals surface area contributed by atoms with Crippen molar-refractivity contribution in [2.75, 3.05) is 11.9 Å².